The summed E-state index contributed by atoms with van der Waals surface area (Å²) >= 11 is 0.397. The van der Waals surface area contributed by atoms with E-state index in [1.807, 2.05) is 12.1 Å². The van der Waals surface area contributed by atoms with Gasteiger partial charge in [-0.25, -0.2) is 0 Å². The number of hydrogen-bond acceptors (Lipinski definition) is 1. The molecule has 3 heteroatoms. The molecule has 0 aliphatic carbocycles. The van der Waals surface area contributed by atoms with Crippen LogP contribution in [0.4, 0.5) is 0 Å². The molecule has 1 rings (SSSR count). The minimum absolute atomic E-state index is 0.397. The number of benzene rings is 1. The molecular formula is C7H5HgO2. The second-order valence-electron chi connectivity index (χ2n) is 1.96. The van der Waals surface area contributed by atoms with Crippen LogP contribution in [0.15, 0.2) is 24.3 Å². The van der Waals surface area contributed by atoms with Crippen molar-refractivity contribution in [1.29, 1.82) is 0 Å². The van der Waals surface area contributed by atoms with Gasteiger partial charge in [0, 0.05) is 0 Å². The van der Waals surface area contributed by atoms with Crippen molar-refractivity contribution in [2.75, 3.05) is 0 Å². The van der Waals surface area contributed by atoms with Gasteiger partial charge in [0.1, 0.15) is 0 Å². The molecule has 0 atom stereocenters. The molecule has 0 bridgehead atoms. The van der Waals surface area contributed by atoms with E-state index in [2.05, 4.69) is 0 Å². The summed E-state index contributed by atoms with van der Waals surface area (Å²) in [4.78, 5) is 10.5. The molecule has 0 spiro atoms. The molecule has 0 heterocycles. The third-order valence-electron chi connectivity index (χ3n) is 1.25. The zero-order valence-electron chi connectivity index (χ0n) is 5.37. The predicted octanol–water partition coefficient (Wildman–Crippen LogP) is 0.557. The van der Waals surface area contributed by atoms with Crippen LogP contribution in [-0.4, -0.2) is 11.1 Å². The van der Waals surface area contributed by atoms with E-state index in [1.165, 1.54) is 0 Å². The SMILES string of the molecule is O=C(O)c1cccc[c]1[Hg]. The van der Waals surface area contributed by atoms with Crippen LogP contribution in [0.25, 0.3) is 0 Å². The number of carbonyl (C=O) groups is 1. The summed E-state index contributed by atoms with van der Waals surface area (Å²) in [6, 6.07) is 7.13. The van der Waals surface area contributed by atoms with Crippen molar-refractivity contribution < 1.29 is 36.0 Å². The van der Waals surface area contributed by atoms with Crippen LogP contribution in [-0.2, 0) is 26.1 Å². The zero-order valence-corrected chi connectivity index (χ0v) is 10.9. The molecule has 1 aromatic carbocycles. The van der Waals surface area contributed by atoms with Crippen molar-refractivity contribution in [1.82, 2.24) is 0 Å². The van der Waals surface area contributed by atoms with E-state index in [0.717, 1.165) is 3.07 Å². The Morgan fingerprint density at radius 2 is 2.00 bits per heavy atom. The van der Waals surface area contributed by atoms with E-state index in [-0.39, 0.29) is 0 Å². The molecular weight excluding hydrogens is 317 g/mol. The molecule has 0 aliphatic rings. The van der Waals surface area contributed by atoms with Gasteiger partial charge in [-0.1, -0.05) is 0 Å². The Kier molecular flexibility index (Phi) is 2.43. The average Bonchev–Trinajstić information content (AvgIpc) is 1.88. The summed E-state index contributed by atoms with van der Waals surface area (Å²) in [5.74, 6) is -0.814. The average molecular weight is 322 g/mol. The minimum atomic E-state index is -0.814. The first kappa shape index (κ1) is 7.73. The van der Waals surface area contributed by atoms with Crippen LogP contribution in [0.3, 0.4) is 0 Å². The maximum atomic E-state index is 10.5. The Labute approximate surface area is 74.8 Å². The van der Waals surface area contributed by atoms with Gasteiger partial charge in [0.2, 0.25) is 0 Å². The Hall–Kier alpha value is -0.375. The summed E-state index contributed by atoms with van der Waals surface area (Å²) in [7, 11) is 0. The normalized spacial score (nSPS) is 9.40. The van der Waals surface area contributed by atoms with Crippen molar-refractivity contribution in [3.05, 3.63) is 29.8 Å². The second-order valence-corrected chi connectivity index (χ2v) is 4.92. The van der Waals surface area contributed by atoms with Gasteiger partial charge in [0.05, 0.1) is 0 Å². The summed E-state index contributed by atoms with van der Waals surface area (Å²) in [6.45, 7) is 0. The summed E-state index contributed by atoms with van der Waals surface area (Å²) in [5.41, 5.74) is 0.464. The molecule has 0 radical (unpaired) electrons. The van der Waals surface area contributed by atoms with Crippen molar-refractivity contribution >= 4 is 9.04 Å². The zero-order chi connectivity index (χ0) is 7.56. The Bertz CT molecular complexity index is 258. The van der Waals surface area contributed by atoms with Crippen LogP contribution in [0.2, 0.25) is 0 Å². The quantitative estimate of drug-likeness (QED) is 0.767. The molecule has 0 aromatic heterocycles. The molecule has 0 aliphatic heterocycles. The summed E-state index contributed by atoms with van der Waals surface area (Å²) < 4.78 is 0.995. The van der Waals surface area contributed by atoms with Gasteiger partial charge in [-0.05, 0) is 0 Å². The van der Waals surface area contributed by atoms with Gasteiger partial charge < -0.3 is 0 Å². The molecule has 47 valence electrons. The van der Waals surface area contributed by atoms with Gasteiger partial charge >= 0.3 is 74.9 Å². The van der Waals surface area contributed by atoms with Gasteiger partial charge in [0.15, 0.2) is 0 Å². The van der Waals surface area contributed by atoms with Crippen LogP contribution in [0.5, 0.6) is 0 Å². The van der Waals surface area contributed by atoms with Crippen molar-refractivity contribution in [3.63, 3.8) is 0 Å². The fraction of sp³-hybridized carbons (Fsp3) is 0. The Balaban J connectivity index is 3.15. The molecule has 0 amide bonds. The molecule has 0 saturated carbocycles. The van der Waals surface area contributed by atoms with E-state index in [1.54, 1.807) is 12.1 Å². The summed E-state index contributed by atoms with van der Waals surface area (Å²) in [5, 5.41) is 8.60. The number of aromatic carboxylic acids is 1. The molecule has 10 heavy (non-hydrogen) atoms. The number of carboxylic acid groups (broad SMARTS) is 1. The van der Waals surface area contributed by atoms with Crippen LogP contribution in [0.1, 0.15) is 10.4 Å². The van der Waals surface area contributed by atoms with E-state index in [9.17, 15) is 4.79 Å². The number of carboxylic acids is 1. The molecule has 0 saturated heterocycles. The van der Waals surface area contributed by atoms with E-state index in [4.69, 9.17) is 5.11 Å². The molecule has 2 nitrogen and oxygen atoms in total. The topological polar surface area (TPSA) is 37.3 Å². The third-order valence-corrected chi connectivity index (χ3v) is 3.64. The first-order valence-electron chi connectivity index (χ1n) is 2.86. The van der Waals surface area contributed by atoms with E-state index < -0.39 is 5.97 Å². The van der Waals surface area contributed by atoms with Gasteiger partial charge in [-0.2, -0.15) is 0 Å². The number of rotatable bonds is 1. The standard InChI is InChI=1S/C7H5O2.Hg/c8-7(9)6-4-2-1-3-5-6;/h1-4H,(H,8,9);. The van der Waals surface area contributed by atoms with Crippen molar-refractivity contribution in [2.24, 2.45) is 0 Å². The Morgan fingerprint density at radius 3 is 2.40 bits per heavy atom. The van der Waals surface area contributed by atoms with Gasteiger partial charge in [0.25, 0.3) is 0 Å². The van der Waals surface area contributed by atoms with Crippen LogP contribution < -0.4 is 3.07 Å². The molecule has 1 N–H and O–H groups in total. The van der Waals surface area contributed by atoms with Gasteiger partial charge in [-0.15, -0.1) is 0 Å². The summed E-state index contributed by atoms with van der Waals surface area (Å²) in [6.07, 6.45) is 0. The molecule has 0 fully saturated rings. The molecule has 1 aromatic rings. The fourth-order valence-electron chi connectivity index (χ4n) is 0.729. The first-order valence-corrected chi connectivity index (χ1v) is 5.61. The van der Waals surface area contributed by atoms with Crippen molar-refractivity contribution in [3.8, 4) is 0 Å². The predicted molar refractivity (Wildman–Crippen MR) is 33.0 cm³/mol. The fourth-order valence-corrected chi connectivity index (χ4v) is 2.30. The van der Waals surface area contributed by atoms with Gasteiger partial charge in [-0.3, -0.25) is 0 Å². The van der Waals surface area contributed by atoms with Crippen LogP contribution in [0, 0.1) is 0 Å². The number of hydrogen-bond donors (Lipinski definition) is 1. The van der Waals surface area contributed by atoms with Crippen molar-refractivity contribution in [2.45, 2.75) is 0 Å². The van der Waals surface area contributed by atoms with E-state index in [0.29, 0.717) is 31.7 Å². The second kappa shape index (κ2) is 3.15. The van der Waals surface area contributed by atoms with E-state index >= 15 is 0 Å². The Morgan fingerprint density at radius 1 is 1.40 bits per heavy atom. The molecule has 0 unspecified atom stereocenters. The monoisotopic (exact) mass is 323 g/mol. The van der Waals surface area contributed by atoms with Crippen LogP contribution >= 0.6 is 0 Å². The maximum absolute atomic E-state index is 10.5. The first-order chi connectivity index (χ1) is 4.72. The third kappa shape index (κ3) is 1.56.